The van der Waals surface area contributed by atoms with Gasteiger partial charge in [0, 0.05) is 0 Å². The van der Waals surface area contributed by atoms with Gasteiger partial charge in [-0.2, -0.15) is 0 Å². The minimum atomic E-state index is -1.01. The van der Waals surface area contributed by atoms with Gasteiger partial charge in [0.05, 0.1) is 10.6 Å². The smallest absolute Gasteiger partial charge is 0.429 e. The van der Waals surface area contributed by atoms with Crippen LogP contribution in [0.4, 0.5) is 4.79 Å². The number of hydrogen-bond donors (Lipinski definition) is 0. The van der Waals surface area contributed by atoms with Crippen molar-refractivity contribution in [3.8, 4) is 0 Å². The maximum Gasteiger partial charge on any atom is 0.543 e. The summed E-state index contributed by atoms with van der Waals surface area (Å²) in [7, 11) is 0. The number of carbonyl (C=O) groups excluding carboxylic acids is 2. The van der Waals surface area contributed by atoms with Crippen LogP contribution in [0, 0.1) is 11.8 Å². The highest BCUT2D eigenvalue weighted by molar-refractivity contribution is 5.88. The molecule has 3 atom stereocenters. The minimum Gasteiger partial charge on any atom is -0.429 e. The van der Waals surface area contributed by atoms with Gasteiger partial charge in [0.15, 0.2) is 0 Å². The first-order valence-corrected chi connectivity index (χ1v) is 8.73. The van der Waals surface area contributed by atoms with Crippen molar-refractivity contribution in [2.24, 2.45) is 11.8 Å². The third-order valence-electron chi connectivity index (χ3n) is 4.66. The molecule has 1 aromatic rings. The SMILES string of the molecule is CC1CCC(C)C(OC(=O)OOOC(=O)c2ccc(C(C)C)cc2)C1. The molecule has 0 aliphatic heterocycles. The first-order chi connectivity index (χ1) is 11.9. The van der Waals surface area contributed by atoms with Gasteiger partial charge >= 0.3 is 12.1 Å². The van der Waals surface area contributed by atoms with E-state index in [4.69, 9.17) is 4.74 Å². The Bertz CT molecular complexity index is 580. The van der Waals surface area contributed by atoms with Crippen LogP contribution in [0.15, 0.2) is 24.3 Å². The lowest BCUT2D eigenvalue weighted by Crippen LogP contribution is -2.31. The fraction of sp³-hybridized carbons (Fsp3) is 0.579. The van der Waals surface area contributed by atoms with E-state index in [0.29, 0.717) is 17.4 Å². The molecule has 1 fully saturated rings. The Morgan fingerprint density at radius 3 is 2.36 bits per heavy atom. The average Bonchev–Trinajstić information content (AvgIpc) is 2.58. The van der Waals surface area contributed by atoms with Gasteiger partial charge in [-0.05, 0) is 48.3 Å². The molecule has 25 heavy (non-hydrogen) atoms. The predicted molar refractivity (Wildman–Crippen MR) is 90.6 cm³/mol. The Hall–Kier alpha value is -2.08. The van der Waals surface area contributed by atoms with E-state index < -0.39 is 12.1 Å². The largest absolute Gasteiger partial charge is 0.543 e. The molecule has 0 heterocycles. The van der Waals surface area contributed by atoms with Crippen molar-refractivity contribution in [3.63, 3.8) is 0 Å². The van der Waals surface area contributed by atoms with Crippen molar-refractivity contribution < 1.29 is 29.1 Å². The molecule has 2 rings (SSSR count). The van der Waals surface area contributed by atoms with Crippen LogP contribution < -0.4 is 0 Å². The number of hydrogen-bond acceptors (Lipinski definition) is 6. The molecule has 0 N–H and O–H groups in total. The lowest BCUT2D eigenvalue weighted by Gasteiger charge is -2.31. The second-order valence-electron chi connectivity index (χ2n) is 7.10. The van der Waals surface area contributed by atoms with Crippen molar-refractivity contribution in [2.75, 3.05) is 0 Å². The summed E-state index contributed by atoms with van der Waals surface area (Å²) < 4.78 is 5.23. The zero-order valence-corrected chi connectivity index (χ0v) is 15.2. The Kier molecular flexibility index (Phi) is 6.82. The molecule has 0 spiro atoms. The molecule has 1 aliphatic rings. The van der Waals surface area contributed by atoms with E-state index in [-0.39, 0.29) is 12.0 Å². The second-order valence-corrected chi connectivity index (χ2v) is 7.10. The number of rotatable bonds is 5. The van der Waals surface area contributed by atoms with Crippen LogP contribution in [-0.2, 0) is 19.6 Å². The molecule has 6 nitrogen and oxygen atoms in total. The lowest BCUT2D eigenvalue weighted by atomic mass is 9.82. The van der Waals surface area contributed by atoms with Crippen molar-refractivity contribution in [1.29, 1.82) is 0 Å². The first-order valence-electron chi connectivity index (χ1n) is 8.73. The van der Waals surface area contributed by atoms with Crippen LogP contribution in [0.1, 0.15) is 68.8 Å². The summed E-state index contributed by atoms with van der Waals surface area (Å²) in [5.41, 5.74) is 1.41. The van der Waals surface area contributed by atoms with Crippen LogP contribution in [-0.4, -0.2) is 18.2 Å². The van der Waals surface area contributed by atoms with Crippen LogP contribution in [0.3, 0.4) is 0 Å². The number of benzene rings is 1. The van der Waals surface area contributed by atoms with Gasteiger partial charge < -0.3 is 4.74 Å². The van der Waals surface area contributed by atoms with Crippen LogP contribution in [0.5, 0.6) is 0 Å². The maximum absolute atomic E-state index is 11.8. The van der Waals surface area contributed by atoms with Crippen molar-refractivity contribution in [2.45, 2.75) is 59.0 Å². The Morgan fingerprint density at radius 2 is 1.72 bits per heavy atom. The van der Waals surface area contributed by atoms with E-state index in [0.717, 1.165) is 24.8 Å². The van der Waals surface area contributed by atoms with E-state index in [1.54, 1.807) is 12.1 Å². The lowest BCUT2D eigenvalue weighted by molar-refractivity contribution is -0.453. The second kappa shape index (κ2) is 8.85. The maximum atomic E-state index is 11.8. The molecular formula is C19H26O6. The summed E-state index contributed by atoms with van der Waals surface area (Å²) in [5, 5.41) is 4.27. The Morgan fingerprint density at radius 1 is 1.04 bits per heavy atom. The van der Waals surface area contributed by atoms with Gasteiger partial charge in [0.2, 0.25) is 0 Å². The van der Waals surface area contributed by atoms with Gasteiger partial charge in [-0.25, -0.2) is 14.5 Å². The van der Waals surface area contributed by atoms with Gasteiger partial charge in [-0.3, -0.25) is 4.89 Å². The molecule has 1 saturated carbocycles. The molecule has 6 heteroatoms. The number of carbonyl (C=O) groups is 2. The molecule has 0 saturated heterocycles. The van der Waals surface area contributed by atoms with E-state index in [1.807, 2.05) is 19.1 Å². The first kappa shape index (κ1) is 19.2. The van der Waals surface area contributed by atoms with Gasteiger partial charge in [-0.1, -0.05) is 46.2 Å². The van der Waals surface area contributed by atoms with Gasteiger partial charge in [0.25, 0.3) is 0 Å². The molecule has 0 bridgehead atoms. The third-order valence-corrected chi connectivity index (χ3v) is 4.66. The molecule has 3 unspecified atom stereocenters. The van der Waals surface area contributed by atoms with Crippen LogP contribution in [0.2, 0.25) is 0 Å². The molecule has 138 valence electrons. The van der Waals surface area contributed by atoms with Crippen molar-refractivity contribution in [3.05, 3.63) is 35.4 Å². The van der Waals surface area contributed by atoms with Crippen LogP contribution >= 0.6 is 0 Å². The molecular weight excluding hydrogens is 324 g/mol. The van der Waals surface area contributed by atoms with Crippen LogP contribution in [0.25, 0.3) is 0 Å². The highest BCUT2D eigenvalue weighted by atomic mass is 17.5. The monoisotopic (exact) mass is 350 g/mol. The molecule has 1 aromatic carbocycles. The molecule has 0 radical (unpaired) electrons. The Labute approximate surface area is 148 Å². The van der Waals surface area contributed by atoms with E-state index in [2.05, 4.69) is 35.6 Å². The van der Waals surface area contributed by atoms with Gasteiger partial charge in [0.1, 0.15) is 6.10 Å². The van der Waals surface area contributed by atoms with E-state index in [9.17, 15) is 9.59 Å². The Balaban J connectivity index is 1.74. The fourth-order valence-corrected chi connectivity index (χ4v) is 2.92. The topological polar surface area (TPSA) is 71.1 Å². The summed E-state index contributed by atoms with van der Waals surface area (Å²) in [4.78, 5) is 32.3. The number of ether oxygens (including phenoxy) is 1. The summed E-state index contributed by atoms with van der Waals surface area (Å²) in [5.74, 6) is 0.388. The summed E-state index contributed by atoms with van der Waals surface area (Å²) in [6.07, 6.45) is 1.70. The highest BCUT2D eigenvalue weighted by Crippen LogP contribution is 2.30. The normalized spacial score (nSPS) is 23.2. The van der Waals surface area contributed by atoms with E-state index in [1.165, 1.54) is 0 Å². The zero-order chi connectivity index (χ0) is 18.4. The predicted octanol–water partition coefficient (Wildman–Crippen LogP) is 4.79. The summed E-state index contributed by atoms with van der Waals surface area (Å²) in [6, 6.07) is 6.93. The minimum absolute atomic E-state index is 0.209. The molecule has 0 amide bonds. The summed E-state index contributed by atoms with van der Waals surface area (Å²) >= 11 is 0. The molecule has 0 aromatic heterocycles. The van der Waals surface area contributed by atoms with Crippen molar-refractivity contribution >= 4 is 12.1 Å². The third kappa shape index (κ3) is 5.74. The molecule has 1 aliphatic carbocycles. The fourth-order valence-electron chi connectivity index (χ4n) is 2.92. The quantitative estimate of drug-likeness (QED) is 0.432. The van der Waals surface area contributed by atoms with Crippen molar-refractivity contribution in [1.82, 2.24) is 0 Å². The average molecular weight is 350 g/mol. The zero-order valence-electron chi connectivity index (χ0n) is 15.2. The summed E-state index contributed by atoms with van der Waals surface area (Å²) in [6.45, 7) is 8.27. The standard InChI is InChI=1S/C19H26O6/c1-12(2)15-7-9-16(10-8-15)18(20)23-25-24-19(21)22-17-11-13(3)5-6-14(17)4/h7-10,12-14,17H,5-6,11H2,1-4H3. The van der Waals surface area contributed by atoms with E-state index >= 15 is 0 Å². The van der Waals surface area contributed by atoms with Gasteiger partial charge in [-0.15, -0.1) is 0 Å². The highest BCUT2D eigenvalue weighted by Gasteiger charge is 2.29.